The molecule has 3 aromatic rings. The van der Waals surface area contributed by atoms with Gasteiger partial charge in [-0.05, 0) is 60.5 Å². The van der Waals surface area contributed by atoms with Crippen LogP contribution in [0.2, 0.25) is 10.0 Å². The second-order valence-corrected chi connectivity index (χ2v) is 7.81. The van der Waals surface area contributed by atoms with E-state index in [0.29, 0.717) is 27.7 Å². The first-order valence-electron chi connectivity index (χ1n) is 9.82. The number of halogens is 2. The monoisotopic (exact) mass is 479 g/mol. The highest BCUT2D eigenvalue weighted by Crippen LogP contribution is 2.27. The summed E-state index contributed by atoms with van der Waals surface area (Å²) in [6, 6.07) is 20.7. The normalized spacial score (nSPS) is 10.8. The van der Waals surface area contributed by atoms with Crippen molar-refractivity contribution in [2.75, 3.05) is 17.2 Å². The molecule has 6 nitrogen and oxygen atoms in total. The van der Waals surface area contributed by atoms with Crippen molar-refractivity contribution < 1.29 is 14.3 Å². The summed E-state index contributed by atoms with van der Waals surface area (Å²) in [4.78, 5) is 24.6. The lowest BCUT2D eigenvalue weighted by atomic mass is 10.1. The molecule has 33 heavy (non-hydrogen) atoms. The number of aryl methyl sites for hydroxylation is 1. The lowest BCUT2D eigenvalue weighted by Crippen LogP contribution is -2.20. The number of nitrogens with zero attached hydrogens (tertiary/aromatic N) is 1. The summed E-state index contributed by atoms with van der Waals surface area (Å²) in [7, 11) is 0. The first kappa shape index (κ1) is 23.9. The zero-order valence-electron chi connectivity index (χ0n) is 17.6. The minimum Gasteiger partial charge on any atom is -0.482 e. The molecule has 0 atom stereocenters. The van der Waals surface area contributed by atoms with Gasteiger partial charge in [0.2, 0.25) is 0 Å². The van der Waals surface area contributed by atoms with Gasteiger partial charge < -0.3 is 15.4 Å². The van der Waals surface area contributed by atoms with Gasteiger partial charge in [-0.3, -0.25) is 9.59 Å². The molecule has 0 fully saturated rings. The first-order valence-corrected chi connectivity index (χ1v) is 10.6. The van der Waals surface area contributed by atoms with Crippen LogP contribution in [0.4, 0.5) is 11.4 Å². The van der Waals surface area contributed by atoms with Crippen LogP contribution in [0.5, 0.6) is 5.75 Å². The van der Waals surface area contributed by atoms with Gasteiger partial charge in [0, 0.05) is 5.69 Å². The number of ether oxygens (including phenoxy) is 1. The Labute approximate surface area is 201 Å². The van der Waals surface area contributed by atoms with E-state index in [0.717, 1.165) is 5.56 Å². The van der Waals surface area contributed by atoms with Crippen LogP contribution < -0.4 is 15.4 Å². The number of benzene rings is 3. The zero-order valence-corrected chi connectivity index (χ0v) is 19.1. The van der Waals surface area contributed by atoms with E-state index in [1.165, 1.54) is 12.1 Å². The Morgan fingerprint density at radius 2 is 1.79 bits per heavy atom. The fourth-order valence-electron chi connectivity index (χ4n) is 2.85. The van der Waals surface area contributed by atoms with Crippen LogP contribution in [0.1, 0.15) is 11.1 Å². The van der Waals surface area contributed by atoms with Crippen molar-refractivity contribution in [1.29, 1.82) is 5.26 Å². The highest BCUT2D eigenvalue weighted by atomic mass is 35.5. The van der Waals surface area contributed by atoms with Crippen molar-refractivity contribution in [1.82, 2.24) is 0 Å². The van der Waals surface area contributed by atoms with Crippen LogP contribution in [0, 0.1) is 18.3 Å². The molecular formula is C25H19Cl2N3O3. The van der Waals surface area contributed by atoms with E-state index < -0.39 is 5.91 Å². The molecule has 3 aromatic carbocycles. The number of rotatable bonds is 7. The number of nitrogens with one attached hydrogen (secondary N) is 2. The van der Waals surface area contributed by atoms with Gasteiger partial charge in [0.15, 0.2) is 6.61 Å². The van der Waals surface area contributed by atoms with Crippen LogP contribution in [0.25, 0.3) is 6.08 Å². The molecule has 0 radical (unpaired) electrons. The summed E-state index contributed by atoms with van der Waals surface area (Å²) in [5.41, 5.74) is 2.49. The third kappa shape index (κ3) is 6.84. The van der Waals surface area contributed by atoms with E-state index in [9.17, 15) is 14.9 Å². The largest absolute Gasteiger partial charge is 0.482 e. The van der Waals surface area contributed by atoms with Crippen LogP contribution in [0.15, 0.2) is 72.3 Å². The van der Waals surface area contributed by atoms with E-state index >= 15 is 0 Å². The SMILES string of the molecule is Cc1cccc(NC(=O)COc2ccc(/C=C(\C#N)C(=O)Nc3ccccc3Cl)cc2Cl)c1. The lowest BCUT2D eigenvalue weighted by Gasteiger charge is -2.10. The third-order valence-electron chi connectivity index (χ3n) is 4.41. The first-order chi connectivity index (χ1) is 15.9. The number of hydrogen-bond acceptors (Lipinski definition) is 4. The molecule has 0 heterocycles. The topological polar surface area (TPSA) is 91.2 Å². The number of hydrogen-bond donors (Lipinski definition) is 2. The van der Waals surface area contributed by atoms with Crippen molar-refractivity contribution in [3.63, 3.8) is 0 Å². The molecule has 166 valence electrons. The fourth-order valence-corrected chi connectivity index (χ4v) is 3.28. The average Bonchev–Trinajstić information content (AvgIpc) is 2.78. The third-order valence-corrected chi connectivity index (χ3v) is 5.04. The fraction of sp³-hybridized carbons (Fsp3) is 0.0800. The van der Waals surface area contributed by atoms with Crippen molar-refractivity contribution in [3.8, 4) is 11.8 Å². The summed E-state index contributed by atoms with van der Waals surface area (Å²) in [6.45, 7) is 1.70. The number of para-hydroxylation sites is 1. The highest BCUT2D eigenvalue weighted by Gasteiger charge is 2.12. The van der Waals surface area contributed by atoms with Gasteiger partial charge in [-0.1, -0.05) is 53.5 Å². The lowest BCUT2D eigenvalue weighted by molar-refractivity contribution is -0.118. The predicted molar refractivity (Wildman–Crippen MR) is 130 cm³/mol. The van der Waals surface area contributed by atoms with E-state index in [4.69, 9.17) is 27.9 Å². The number of carbonyl (C=O) groups excluding carboxylic acids is 2. The number of anilines is 2. The Morgan fingerprint density at radius 1 is 1.00 bits per heavy atom. The molecule has 8 heteroatoms. The maximum Gasteiger partial charge on any atom is 0.266 e. The molecule has 0 bridgehead atoms. The quantitative estimate of drug-likeness (QED) is 0.327. The highest BCUT2D eigenvalue weighted by molar-refractivity contribution is 6.34. The van der Waals surface area contributed by atoms with E-state index in [1.54, 1.807) is 42.5 Å². The Hall–Kier alpha value is -3.79. The van der Waals surface area contributed by atoms with Gasteiger partial charge in [0.1, 0.15) is 17.4 Å². The molecule has 0 aromatic heterocycles. The number of amides is 2. The van der Waals surface area contributed by atoms with Crippen molar-refractivity contribution in [2.24, 2.45) is 0 Å². The van der Waals surface area contributed by atoms with Crippen LogP contribution in [-0.4, -0.2) is 18.4 Å². The molecular weight excluding hydrogens is 461 g/mol. The van der Waals surface area contributed by atoms with Gasteiger partial charge in [-0.2, -0.15) is 5.26 Å². The Bertz CT molecular complexity index is 1270. The predicted octanol–water partition coefficient (Wildman–Crippen LogP) is 5.87. The van der Waals surface area contributed by atoms with Crippen molar-refractivity contribution >= 4 is 52.5 Å². The van der Waals surface area contributed by atoms with Gasteiger partial charge in [0.25, 0.3) is 11.8 Å². The van der Waals surface area contributed by atoms with Gasteiger partial charge in [-0.15, -0.1) is 0 Å². The maximum absolute atomic E-state index is 12.4. The minimum absolute atomic E-state index is 0.128. The standard InChI is InChI=1S/C25H19Cl2N3O3/c1-16-5-4-6-19(11-16)29-24(31)15-33-23-10-9-17(13-21(23)27)12-18(14-28)25(32)30-22-8-3-2-7-20(22)26/h2-13H,15H2,1H3,(H,29,31)(H,30,32)/b18-12+. The molecule has 0 saturated carbocycles. The van der Waals surface area contributed by atoms with E-state index in [2.05, 4.69) is 10.6 Å². The van der Waals surface area contributed by atoms with Gasteiger partial charge in [-0.25, -0.2) is 0 Å². The second-order valence-electron chi connectivity index (χ2n) is 7.00. The van der Waals surface area contributed by atoms with E-state index in [-0.39, 0.29) is 23.1 Å². The van der Waals surface area contributed by atoms with Gasteiger partial charge in [0.05, 0.1) is 15.7 Å². The molecule has 2 amide bonds. The summed E-state index contributed by atoms with van der Waals surface area (Å²) in [5.74, 6) is -0.634. The summed E-state index contributed by atoms with van der Waals surface area (Å²) < 4.78 is 5.50. The van der Waals surface area contributed by atoms with Crippen LogP contribution in [0.3, 0.4) is 0 Å². The summed E-state index contributed by atoms with van der Waals surface area (Å²) >= 11 is 12.3. The van der Waals surface area contributed by atoms with Crippen LogP contribution >= 0.6 is 23.2 Å². The molecule has 2 N–H and O–H groups in total. The Balaban J connectivity index is 1.64. The minimum atomic E-state index is -0.602. The number of carbonyl (C=O) groups is 2. The average molecular weight is 480 g/mol. The summed E-state index contributed by atoms with van der Waals surface area (Å²) in [5, 5.41) is 15.3. The zero-order chi connectivity index (χ0) is 23.8. The smallest absolute Gasteiger partial charge is 0.266 e. The maximum atomic E-state index is 12.4. The molecule has 0 spiro atoms. The van der Waals surface area contributed by atoms with Crippen LogP contribution in [-0.2, 0) is 9.59 Å². The molecule has 0 aliphatic rings. The molecule has 0 aliphatic heterocycles. The molecule has 0 saturated heterocycles. The van der Waals surface area contributed by atoms with Crippen molar-refractivity contribution in [2.45, 2.75) is 6.92 Å². The molecule has 0 unspecified atom stereocenters. The Morgan fingerprint density at radius 3 is 2.48 bits per heavy atom. The molecule has 3 rings (SSSR count). The van der Waals surface area contributed by atoms with E-state index in [1.807, 2.05) is 31.2 Å². The van der Waals surface area contributed by atoms with Crippen molar-refractivity contribution in [3.05, 3.63) is 93.5 Å². The number of nitriles is 1. The second kappa shape index (κ2) is 11.2. The van der Waals surface area contributed by atoms with Gasteiger partial charge >= 0.3 is 0 Å². The molecule has 0 aliphatic carbocycles. The summed E-state index contributed by atoms with van der Waals surface area (Å²) in [6.07, 6.45) is 1.40. The Kier molecular flexibility index (Phi) is 8.09.